The fourth-order valence-corrected chi connectivity index (χ4v) is 2.89. The molecule has 3 aromatic rings. The Bertz CT molecular complexity index is 1240. The molecule has 2 heterocycles. The molecule has 0 saturated heterocycles. The number of esters is 1. The maximum absolute atomic E-state index is 12.4. The SMILES string of the molecule is COC(=O)C(CCC(=O)O)NC(=O)c1ccc(NCc2cnc3nc(N)[nH]c(=O)c3n2)cc1. The lowest BCUT2D eigenvalue weighted by Gasteiger charge is -2.16. The van der Waals surface area contributed by atoms with Gasteiger partial charge in [0, 0.05) is 17.7 Å². The predicted molar refractivity (Wildman–Crippen MR) is 116 cm³/mol. The number of carbonyl (C=O) groups is 3. The van der Waals surface area contributed by atoms with E-state index in [1.165, 1.54) is 18.3 Å². The number of hydrogen-bond donors (Lipinski definition) is 5. The summed E-state index contributed by atoms with van der Waals surface area (Å²) in [6, 6.07) is 5.28. The first-order valence-electron chi connectivity index (χ1n) is 9.72. The van der Waals surface area contributed by atoms with Gasteiger partial charge in [0.1, 0.15) is 6.04 Å². The Labute approximate surface area is 186 Å². The van der Waals surface area contributed by atoms with Gasteiger partial charge in [-0.05, 0) is 30.7 Å². The maximum Gasteiger partial charge on any atom is 0.328 e. The molecule has 172 valence electrons. The Balaban J connectivity index is 1.63. The van der Waals surface area contributed by atoms with Crippen molar-refractivity contribution in [1.29, 1.82) is 0 Å². The number of rotatable bonds is 9. The average molecular weight is 455 g/mol. The summed E-state index contributed by atoms with van der Waals surface area (Å²) in [5.74, 6) is -2.41. The highest BCUT2D eigenvalue weighted by Crippen LogP contribution is 2.12. The lowest BCUT2D eigenvalue weighted by molar-refractivity contribution is -0.143. The van der Waals surface area contributed by atoms with Crippen LogP contribution in [0.2, 0.25) is 0 Å². The average Bonchev–Trinajstić information content (AvgIpc) is 2.80. The second-order valence-corrected chi connectivity index (χ2v) is 6.90. The molecule has 2 aromatic heterocycles. The number of benzene rings is 1. The van der Waals surface area contributed by atoms with Crippen LogP contribution >= 0.6 is 0 Å². The molecule has 13 heteroatoms. The number of aliphatic carboxylic acids is 1. The molecule has 0 radical (unpaired) electrons. The highest BCUT2D eigenvalue weighted by Gasteiger charge is 2.23. The summed E-state index contributed by atoms with van der Waals surface area (Å²) in [5.41, 5.74) is 6.62. The van der Waals surface area contributed by atoms with Gasteiger partial charge in [0.05, 0.1) is 25.5 Å². The lowest BCUT2D eigenvalue weighted by atomic mass is 10.1. The summed E-state index contributed by atoms with van der Waals surface area (Å²) in [6.45, 7) is 0.248. The number of nitrogen functional groups attached to an aromatic ring is 1. The van der Waals surface area contributed by atoms with Crippen molar-refractivity contribution in [3.05, 3.63) is 52.1 Å². The monoisotopic (exact) mass is 455 g/mol. The molecule has 0 spiro atoms. The number of nitrogens with two attached hydrogens (primary N) is 1. The van der Waals surface area contributed by atoms with Gasteiger partial charge in [-0.25, -0.2) is 14.8 Å². The Kier molecular flexibility index (Phi) is 7.13. The van der Waals surface area contributed by atoms with Gasteiger partial charge in [0.2, 0.25) is 5.95 Å². The Morgan fingerprint density at radius 2 is 1.94 bits per heavy atom. The number of fused-ring (bicyclic) bond motifs is 1. The predicted octanol–water partition coefficient (Wildman–Crippen LogP) is 0.0436. The quantitative estimate of drug-likeness (QED) is 0.273. The zero-order chi connectivity index (χ0) is 24.0. The number of carbonyl (C=O) groups excluding carboxylic acids is 2. The number of methoxy groups -OCH3 is 1. The van der Waals surface area contributed by atoms with E-state index in [0.717, 1.165) is 7.11 Å². The van der Waals surface area contributed by atoms with Crippen molar-refractivity contribution in [2.45, 2.75) is 25.4 Å². The van der Waals surface area contributed by atoms with Crippen molar-refractivity contribution >= 4 is 40.6 Å². The summed E-state index contributed by atoms with van der Waals surface area (Å²) in [4.78, 5) is 61.5. The molecule has 1 atom stereocenters. The van der Waals surface area contributed by atoms with Gasteiger partial charge in [-0.3, -0.25) is 19.4 Å². The molecular formula is C20H21N7O6. The van der Waals surface area contributed by atoms with E-state index in [0.29, 0.717) is 11.4 Å². The van der Waals surface area contributed by atoms with Crippen LogP contribution in [-0.4, -0.2) is 56.0 Å². The molecule has 1 unspecified atom stereocenters. The molecule has 0 bridgehead atoms. The molecule has 0 aliphatic carbocycles. The van der Waals surface area contributed by atoms with Gasteiger partial charge in [0.15, 0.2) is 11.2 Å². The number of aromatic nitrogens is 4. The minimum Gasteiger partial charge on any atom is -0.481 e. The fourth-order valence-electron chi connectivity index (χ4n) is 2.89. The Morgan fingerprint density at radius 3 is 2.61 bits per heavy atom. The van der Waals surface area contributed by atoms with Crippen molar-refractivity contribution in [3.8, 4) is 0 Å². The number of nitrogens with one attached hydrogen (secondary N) is 3. The molecule has 13 nitrogen and oxygen atoms in total. The zero-order valence-corrected chi connectivity index (χ0v) is 17.5. The van der Waals surface area contributed by atoms with Crippen LogP contribution in [0.3, 0.4) is 0 Å². The molecule has 0 saturated carbocycles. The molecule has 3 rings (SSSR count). The number of anilines is 2. The Morgan fingerprint density at radius 1 is 1.21 bits per heavy atom. The van der Waals surface area contributed by atoms with Crippen LogP contribution in [0.4, 0.5) is 11.6 Å². The van der Waals surface area contributed by atoms with Crippen molar-refractivity contribution < 1.29 is 24.2 Å². The van der Waals surface area contributed by atoms with Crippen LogP contribution in [0, 0.1) is 0 Å². The van der Waals surface area contributed by atoms with Gasteiger partial charge in [-0.1, -0.05) is 0 Å². The van der Waals surface area contributed by atoms with E-state index < -0.39 is 29.4 Å². The zero-order valence-electron chi connectivity index (χ0n) is 17.5. The van der Waals surface area contributed by atoms with E-state index in [4.69, 9.17) is 10.8 Å². The van der Waals surface area contributed by atoms with Crippen molar-refractivity contribution in [2.24, 2.45) is 0 Å². The number of hydrogen-bond acceptors (Lipinski definition) is 10. The highest BCUT2D eigenvalue weighted by atomic mass is 16.5. The normalized spacial score (nSPS) is 11.5. The van der Waals surface area contributed by atoms with Crippen LogP contribution in [-0.2, 0) is 20.9 Å². The van der Waals surface area contributed by atoms with Crippen molar-refractivity contribution in [3.63, 3.8) is 0 Å². The summed E-state index contributed by atoms with van der Waals surface area (Å²) < 4.78 is 4.62. The number of amides is 1. The number of aromatic amines is 1. The second-order valence-electron chi connectivity index (χ2n) is 6.90. The third-order valence-electron chi connectivity index (χ3n) is 4.54. The van der Waals surface area contributed by atoms with Crippen LogP contribution in [0.25, 0.3) is 11.2 Å². The molecule has 0 fully saturated rings. The van der Waals surface area contributed by atoms with Gasteiger partial charge >= 0.3 is 11.9 Å². The van der Waals surface area contributed by atoms with E-state index in [-0.39, 0.29) is 42.1 Å². The molecule has 6 N–H and O–H groups in total. The fraction of sp³-hybridized carbons (Fsp3) is 0.250. The first-order valence-corrected chi connectivity index (χ1v) is 9.72. The smallest absolute Gasteiger partial charge is 0.328 e. The van der Waals surface area contributed by atoms with E-state index in [1.807, 2.05) is 0 Å². The van der Waals surface area contributed by atoms with Gasteiger partial charge in [-0.15, -0.1) is 0 Å². The minimum atomic E-state index is -1.09. The lowest BCUT2D eigenvalue weighted by Crippen LogP contribution is -2.41. The van der Waals surface area contributed by atoms with E-state index in [2.05, 4.69) is 35.3 Å². The number of ether oxygens (including phenoxy) is 1. The van der Waals surface area contributed by atoms with Crippen molar-refractivity contribution in [1.82, 2.24) is 25.3 Å². The molecular weight excluding hydrogens is 434 g/mol. The maximum atomic E-state index is 12.4. The molecule has 0 aliphatic rings. The number of carboxylic acid groups (broad SMARTS) is 1. The third kappa shape index (κ3) is 6.00. The number of carboxylic acids is 1. The van der Waals surface area contributed by atoms with Crippen LogP contribution in [0.1, 0.15) is 28.9 Å². The van der Waals surface area contributed by atoms with Crippen LogP contribution < -0.4 is 21.9 Å². The van der Waals surface area contributed by atoms with Gasteiger partial charge in [0.25, 0.3) is 11.5 Å². The van der Waals surface area contributed by atoms with Gasteiger partial charge < -0.3 is 26.2 Å². The standard InChI is InChI=1S/C20H21N7O6/c1-33-19(32)13(6-7-14(28)29)25-17(30)10-2-4-11(5-3-10)22-8-12-9-23-16-15(24-12)18(31)27-20(21)26-16/h2-5,9,13,22H,6-8H2,1H3,(H,25,30)(H,28,29)(H3,21,23,26,27,31). The second kappa shape index (κ2) is 10.2. The topological polar surface area (TPSA) is 202 Å². The number of H-pyrrole nitrogens is 1. The van der Waals surface area contributed by atoms with E-state index >= 15 is 0 Å². The number of nitrogens with zero attached hydrogens (tertiary/aromatic N) is 3. The van der Waals surface area contributed by atoms with Gasteiger partial charge in [-0.2, -0.15) is 4.98 Å². The van der Waals surface area contributed by atoms with Crippen LogP contribution in [0.5, 0.6) is 0 Å². The summed E-state index contributed by atoms with van der Waals surface area (Å²) in [7, 11) is 1.16. The largest absolute Gasteiger partial charge is 0.481 e. The minimum absolute atomic E-state index is 0.0448. The molecule has 33 heavy (non-hydrogen) atoms. The summed E-state index contributed by atoms with van der Waals surface area (Å²) in [5, 5.41) is 14.4. The summed E-state index contributed by atoms with van der Waals surface area (Å²) >= 11 is 0. The molecule has 1 aromatic carbocycles. The van der Waals surface area contributed by atoms with Crippen molar-refractivity contribution in [2.75, 3.05) is 18.2 Å². The summed E-state index contributed by atoms with van der Waals surface area (Å²) in [6.07, 6.45) is 1.08. The highest BCUT2D eigenvalue weighted by molar-refractivity contribution is 5.97. The molecule has 1 amide bonds. The first-order chi connectivity index (χ1) is 15.8. The van der Waals surface area contributed by atoms with E-state index in [1.54, 1.807) is 12.1 Å². The van der Waals surface area contributed by atoms with E-state index in [9.17, 15) is 19.2 Å². The van der Waals surface area contributed by atoms with Crippen LogP contribution in [0.15, 0.2) is 35.3 Å². The molecule has 0 aliphatic heterocycles. The third-order valence-corrected chi connectivity index (χ3v) is 4.54. The Hall–Kier alpha value is -4.55. The first kappa shape index (κ1) is 23.1.